The molecule has 2 aliphatic heterocycles. The van der Waals surface area contributed by atoms with Crippen molar-refractivity contribution in [1.82, 2.24) is 9.88 Å². The SMILES string of the molecule is CC(C)(O)c1ccc2c(c1)C(=CCCN1CCCC(C#N)C1)c1cccnc1CO2. The Morgan fingerprint density at radius 1 is 1.33 bits per heavy atom. The molecule has 2 aliphatic rings. The van der Waals surface area contributed by atoms with Crippen LogP contribution in [0.3, 0.4) is 0 Å². The van der Waals surface area contributed by atoms with E-state index in [1.54, 1.807) is 20.0 Å². The van der Waals surface area contributed by atoms with Crippen LogP contribution in [0.5, 0.6) is 5.75 Å². The number of likely N-dealkylation sites (tertiary alicyclic amines) is 1. The number of benzene rings is 1. The van der Waals surface area contributed by atoms with Crippen molar-refractivity contribution in [3.63, 3.8) is 0 Å². The third kappa shape index (κ3) is 4.40. The summed E-state index contributed by atoms with van der Waals surface area (Å²) in [6, 6.07) is 12.4. The fraction of sp³-hybridized carbons (Fsp3) is 0.440. The van der Waals surface area contributed by atoms with E-state index in [0.29, 0.717) is 6.61 Å². The highest BCUT2D eigenvalue weighted by molar-refractivity contribution is 5.84. The summed E-state index contributed by atoms with van der Waals surface area (Å²) in [5, 5.41) is 19.8. The van der Waals surface area contributed by atoms with Crippen LogP contribution in [0.4, 0.5) is 0 Å². The first-order chi connectivity index (χ1) is 14.5. The number of hydrogen-bond donors (Lipinski definition) is 1. The predicted molar refractivity (Wildman–Crippen MR) is 117 cm³/mol. The molecule has 156 valence electrons. The summed E-state index contributed by atoms with van der Waals surface area (Å²) in [7, 11) is 0. The second-order valence-electron chi connectivity index (χ2n) is 8.73. The number of ether oxygens (including phenoxy) is 1. The van der Waals surface area contributed by atoms with Gasteiger partial charge in [0.05, 0.1) is 23.3 Å². The monoisotopic (exact) mass is 403 g/mol. The van der Waals surface area contributed by atoms with Crippen LogP contribution in [0.2, 0.25) is 0 Å². The van der Waals surface area contributed by atoms with Gasteiger partial charge in [0.2, 0.25) is 0 Å². The number of fused-ring (bicyclic) bond motifs is 2. The zero-order valence-electron chi connectivity index (χ0n) is 17.8. The summed E-state index contributed by atoms with van der Waals surface area (Å²) in [6.45, 7) is 6.87. The fourth-order valence-electron chi connectivity index (χ4n) is 4.31. The standard InChI is InChI=1S/C25H29N3O2/c1-25(2,29)19-9-10-24-22(14-19)20(21-7-3-11-27-23(21)17-30-24)8-5-13-28-12-4-6-18(15-26)16-28/h3,7-11,14,18,29H,4-6,12-13,16-17H2,1-2H3. The quantitative estimate of drug-likeness (QED) is 0.826. The molecule has 1 atom stereocenters. The Kier molecular flexibility index (Phi) is 5.90. The van der Waals surface area contributed by atoms with Gasteiger partial charge >= 0.3 is 0 Å². The van der Waals surface area contributed by atoms with Crippen molar-refractivity contribution in [2.75, 3.05) is 19.6 Å². The number of nitrogens with zero attached hydrogens (tertiary/aromatic N) is 3. The summed E-state index contributed by atoms with van der Waals surface area (Å²) in [5.41, 5.74) is 4.03. The average Bonchev–Trinajstić information content (AvgIpc) is 2.90. The van der Waals surface area contributed by atoms with Crippen LogP contribution in [-0.4, -0.2) is 34.6 Å². The maximum atomic E-state index is 10.5. The molecule has 5 nitrogen and oxygen atoms in total. The van der Waals surface area contributed by atoms with Crippen LogP contribution in [0.25, 0.3) is 5.57 Å². The Bertz CT molecular complexity index is 985. The number of rotatable bonds is 4. The molecule has 0 amide bonds. The molecule has 1 N–H and O–H groups in total. The molecule has 0 spiro atoms. The minimum Gasteiger partial charge on any atom is -0.487 e. The zero-order valence-corrected chi connectivity index (χ0v) is 17.8. The lowest BCUT2D eigenvalue weighted by atomic mass is 9.90. The summed E-state index contributed by atoms with van der Waals surface area (Å²) < 4.78 is 6.07. The molecule has 0 radical (unpaired) electrons. The predicted octanol–water partition coefficient (Wildman–Crippen LogP) is 4.26. The van der Waals surface area contributed by atoms with E-state index < -0.39 is 5.60 Å². The molecule has 4 rings (SSSR count). The number of aliphatic hydroxyl groups is 1. The Hall–Kier alpha value is -2.68. The maximum absolute atomic E-state index is 10.5. The van der Waals surface area contributed by atoms with Gasteiger partial charge in [0.25, 0.3) is 0 Å². The van der Waals surface area contributed by atoms with Gasteiger partial charge in [0.1, 0.15) is 12.4 Å². The highest BCUT2D eigenvalue weighted by atomic mass is 16.5. The molecule has 2 aromatic rings. The molecule has 5 heteroatoms. The van der Waals surface area contributed by atoms with Crippen molar-refractivity contribution >= 4 is 5.57 Å². The van der Waals surface area contributed by atoms with Gasteiger partial charge in [-0.1, -0.05) is 18.2 Å². The molecule has 1 aromatic carbocycles. The van der Waals surface area contributed by atoms with Gasteiger partial charge in [-0.05, 0) is 69.0 Å². The van der Waals surface area contributed by atoms with E-state index in [9.17, 15) is 10.4 Å². The number of hydrogen-bond acceptors (Lipinski definition) is 5. The van der Waals surface area contributed by atoms with Crippen molar-refractivity contribution in [2.45, 2.75) is 45.3 Å². The Morgan fingerprint density at radius 3 is 3.00 bits per heavy atom. The number of aromatic nitrogens is 1. The van der Waals surface area contributed by atoms with Gasteiger partial charge < -0.3 is 14.7 Å². The van der Waals surface area contributed by atoms with E-state index in [1.807, 2.05) is 24.3 Å². The van der Waals surface area contributed by atoms with Crippen molar-refractivity contribution < 1.29 is 9.84 Å². The highest BCUT2D eigenvalue weighted by Crippen LogP contribution is 2.38. The van der Waals surface area contributed by atoms with Crippen molar-refractivity contribution in [3.8, 4) is 11.8 Å². The van der Waals surface area contributed by atoms with Crippen molar-refractivity contribution in [3.05, 3.63) is 65.0 Å². The molecular weight excluding hydrogens is 374 g/mol. The first kappa shape index (κ1) is 20.6. The lowest BCUT2D eigenvalue weighted by Crippen LogP contribution is -2.35. The van der Waals surface area contributed by atoms with Gasteiger partial charge in [-0.3, -0.25) is 4.98 Å². The van der Waals surface area contributed by atoms with Gasteiger partial charge in [-0.2, -0.15) is 5.26 Å². The van der Waals surface area contributed by atoms with Gasteiger partial charge in [0.15, 0.2) is 0 Å². The molecular formula is C25H29N3O2. The molecule has 1 saturated heterocycles. The Balaban J connectivity index is 1.67. The molecule has 3 heterocycles. The van der Waals surface area contributed by atoms with Crippen LogP contribution < -0.4 is 4.74 Å². The van der Waals surface area contributed by atoms with E-state index in [1.165, 1.54) is 0 Å². The average molecular weight is 404 g/mol. The second-order valence-corrected chi connectivity index (χ2v) is 8.73. The Morgan fingerprint density at radius 2 is 2.20 bits per heavy atom. The van der Waals surface area contributed by atoms with Crippen molar-refractivity contribution in [1.29, 1.82) is 5.26 Å². The fourth-order valence-corrected chi connectivity index (χ4v) is 4.31. The number of nitriles is 1. The van der Waals surface area contributed by atoms with E-state index in [-0.39, 0.29) is 5.92 Å². The van der Waals surface area contributed by atoms with E-state index in [2.05, 4.69) is 28.1 Å². The lowest BCUT2D eigenvalue weighted by Gasteiger charge is -2.29. The smallest absolute Gasteiger partial charge is 0.131 e. The molecule has 0 saturated carbocycles. The van der Waals surface area contributed by atoms with Crippen LogP contribution in [0, 0.1) is 17.2 Å². The number of pyridine rings is 1. The summed E-state index contributed by atoms with van der Waals surface area (Å²) >= 11 is 0. The third-order valence-electron chi connectivity index (χ3n) is 6.00. The molecule has 30 heavy (non-hydrogen) atoms. The molecule has 1 aromatic heterocycles. The van der Waals surface area contributed by atoms with E-state index >= 15 is 0 Å². The first-order valence-corrected chi connectivity index (χ1v) is 10.7. The second kappa shape index (κ2) is 8.59. The molecule has 1 unspecified atom stereocenters. The maximum Gasteiger partial charge on any atom is 0.131 e. The van der Waals surface area contributed by atoms with Gasteiger partial charge in [-0.25, -0.2) is 0 Å². The van der Waals surface area contributed by atoms with E-state index in [0.717, 1.165) is 72.6 Å². The largest absolute Gasteiger partial charge is 0.487 e. The zero-order chi connectivity index (χ0) is 21.1. The lowest BCUT2D eigenvalue weighted by molar-refractivity contribution is 0.0785. The van der Waals surface area contributed by atoms with Crippen molar-refractivity contribution in [2.24, 2.45) is 5.92 Å². The topological polar surface area (TPSA) is 69.4 Å². The molecule has 0 bridgehead atoms. The molecule has 1 fully saturated rings. The first-order valence-electron chi connectivity index (χ1n) is 10.7. The molecule has 0 aliphatic carbocycles. The van der Waals surface area contributed by atoms with E-state index in [4.69, 9.17) is 4.74 Å². The number of piperidine rings is 1. The minimum atomic E-state index is -0.926. The third-order valence-corrected chi connectivity index (χ3v) is 6.00. The summed E-state index contributed by atoms with van der Waals surface area (Å²) in [5.74, 6) is 0.965. The Labute approximate surface area is 178 Å². The van der Waals surface area contributed by atoms with Crippen LogP contribution in [-0.2, 0) is 12.2 Å². The summed E-state index contributed by atoms with van der Waals surface area (Å²) in [6.07, 6.45) is 7.05. The van der Waals surface area contributed by atoms with Gasteiger partial charge in [-0.15, -0.1) is 0 Å². The van der Waals surface area contributed by atoms with Crippen LogP contribution in [0.15, 0.2) is 42.6 Å². The normalized spacial score (nSPS) is 20.6. The highest BCUT2D eigenvalue weighted by Gasteiger charge is 2.24. The minimum absolute atomic E-state index is 0.151. The summed E-state index contributed by atoms with van der Waals surface area (Å²) in [4.78, 5) is 6.93. The van der Waals surface area contributed by atoms with Crippen LogP contribution >= 0.6 is 0 Å². The van der Waals surface area contributed by atoms with Gasteiger partial charge in [0, 0.05) is 30.4 Å². The van der Waals surface area contributed by atoms with Crippen LogP contribution in [0.1, 0.15) is 55.5 Å².